The zero-order valence-electron chi connectivity index (χ0n) is 10.1. The van der Waals surface area contributed by atoms with Crippen molar-refractivity contribution >= 4 is 17.1 Å². The van der Waals surface area contributed by atoms with Crippen LogP contribution < -0.4 is 11.3 Å². The quantitative estimate of drug-likeness (QED) is 0.702. The number of hydrogen-bond acceptors (Lipinski definition) is 5. The number of aliphatic hydroxyl groups is 1. The molecule has 4 N–H and O–H groups in total. The number of nitrogen functional groups attached to an aromatic ring is 1. The van der Waals surface area contributed by atoms with E-state index in [4.69, 9.17) is 10.8 Å². The Morgan fingerprint density at radius 2 is 2.47 bits per heavy atom. The average Bonchev–Trinajstić information content (AvgIpc) is 2.95. The highest BCUT2D eigenvalue weighted by Crippen LogP contribution is 2.53. The first kappa shape index (κ1) is 12.1. The van der Waals surface area contributed by atoms with Gasteiger partial charge in [0, 0.05) is 18.6 Å². The Labute approximate surface area is 107 Å². The molecule has 0 amide bonds. The Morgan fingerprint density at radius 1 is 1.68 bits per heavy atom. The van der Waals surface area contributed by atoms with E-state index in [2.05, 4.69) is 15.0 Å². The molecule has 8 heteroatoms. The highest BCUT2D eigenvalue weighted by molar-refractivity contribution is 5.70. The third-order valence-corrected chi connectivity index (χ3v) is 3.82. The van der Waals surface area contributed by atoms with Gasteiger partial charge in [-0.15, -0.1) is 0 Å². The standard InChI is InChI=1S/C11H14FN5O2/c12-3-11(1-6(11)2-18)4-17-5-14-7-8(17)15-10(13)16-9(7)19/h5-6,18H,1-4H2,(H3,13,15,16,19)/t6-,11+/m0/s1. The third kappa shape index (κ3) is 1.79. The maximum absolute atomic E-state index is 13.2. The lowest BCUT2D eigenvalue weighted by Crippen LogP contribution is -2.18. The molecule has 2 heterocycles. The van der Waals surface area contributed by atoms with E-state index in [9.17, 15) is 9.18 Å². The van der Waals surface area contributed by atoms with Crippen LogP contribution >= 0.6 is 0 Å². The Bertz CT molecular complexity index is 681. The fourth-order valence-corrected chi connectivity index (χ4v) is 2.52. The van der Waals surface area contributed by atoms with Gasteiger partial charge in [-0.1, -0.05) is 0 Å². The van der Waals surface area contributed by atoms with Gasteiger partial charge in [0.05, 0.1) is 13.0 Å². The second-order valence-electron chi connectivity index (χ2n) is 5.08. The summed E-state index contributed by atoms with van der Waals surface area (Å²) >= 11 is 0. The number of halogens is 1. The smallest absolute Gasteiger partial charge is 0.280 e. The van der Waals surface area contributed by atoms with Gasteiger partial charge in [-0.3, -0.25) is 14.2 Å². The minimum atomic E-state index is -0.568. The molecule has 0 aromatic carbocycles. The minimum Gasteiger partial charge on any atom is -0.396 e. The summed E-state index contributed by atoms with van der Waals surface area (Å²) in [5.74, 6) is -0.0441. The number of fused-ring (bicyclic) bond motifs is 1. The van der Waals surface area contributed by atoms with Gasteiger partial charge in [-0.2, -0.15) is 4.98 Å². The summed E-state index contributed by atoms with van der Waals surface area (Å²) in [5, 5.41) is 9.12. The van der Waals surface area contributed by atoms with Gasteiger partial charge in [0.2, 0.25) is 5.95 Å². The molecule has 2 aromatic rings. The molecule has 1 aliphatic carbocycles. The van der Waals surface area contributed by atoms with Crippen LogP contribution in [0, 0.1) is 11.3 Å². The predicted octanol–water partition coefficient (Wildman–Crippen LogP) is -0.330. The third-order valence-electron chi connectivity index (χ3n) is 3.82. The lowest BCUT2D eigenvalue weighted by atomic mass is 10.1. The van der Waals surface area contributed by atoms with Crippen molar-refractivity contribution in [2.45, 2.75) is 13.0 Å². The van der Waals surface area contributed by atoms with Crippen molar-refractivity contribution in [2.75, 3.05) is 19.0 Å². The van der Waals surface area contributed by atoms with Gasteiger partial charge in [0.25, 0.3) is 5.56 Å². The number of aromatic nitrogens is 4. The number of aliphatic hydroxyl groups excluding tert-OH is 1. The summed E-state index contributed by atoms with van der Waals surface area (Å²) in [6.07, 6.45) is 2.08. The van der Waals surface area contributed by atoms with Crippen LogP contribution in [0.15, 0.2) is 11.1 Å². The van der Waals surface area contributed by atoms with E-state index >= 15 is 0 Å². The van der Waals surface area contributed by atoms with Crippen molar-refractivity contribution < 1.29 is 9.50 Å². The van der Waals surface area contributed by atoms with E-state index < -0.39 is 17.6 Å². The predicted molar refractivity (Wildman–Crippen MR) is 66.2 cm³/mol. The Kier molecular flexibility index (Phi) is 2.56. The van der Waals surface area contributed by atoms with Gasteiger partial charge in [-0.05, 0) is 12.3 Å². The second kappa shape index (κ2) is 4.02. The molecule has 1 fully saturated rings. The molecule has 7 nitrogen and oxygen atoms in total. The zero-order valence-corrected chi connectivity index (χ0v) is 10.1. The van der Waals surface area contributed by atoms with E-state index in [0.717, 1.165) is 0 Å². The number of anilines is 1. The van der Waals surface area contributed by atoms with Crippen molar-refractivity contribution in [3.63, 3.8) is 0 Å². The number of nitrogens with one attached hydrogen (secondary N) is 1. The average molecular weight is 267 g/mol. The summed E-state index contributed by atoms with van der Waals surface area (Å²) < 4.78 is 14.8. The molecule has 0 aliphatic heterocycles. The Hall–Kier alpha value is -1.96. The molecule has 19 heavy (non-hydrogen) atoms. The molecule has 0 unspecified atom stereocenters. The number of aromatic amines is 1. The molecule has 3 rings (SSSR count). The number of H-pyrrole nitrogens is 1. The van der Waals surface area contributed by atoms with E-state index in [0.29, 0.717) is 18.6 Å². The summed E-state index contributed by atoms with van der Waals surface area (Å²) in [6.45, 7) is -0.218. The zero-order chi connectivity index (χ0) is 13.6. The van der Waals surface area contributed by atoms with Crippen LogP contribution in [0.1, 0.15) is 6.42 Å². The topological polar surface area (TPSA) is 110 Å². The van der Waals surface area contributed by atoms with Gasteiger partial charge in [-0.25, -0.2) is 4.98 Å². The molecular weight excluding hydrogens is 253 g/mol. The molecule has 1 aliphatic rings. The van der Waals surface area contributed by atoms with Crippen LogP contribution in [-0.2, 0) is 6.54 Å². The summed E-state index contributed by atoms with van der Waals surface area (Å²) in [6, 6.07) is 0. The van der Waals surface area contributed by atoms with Crippen LogP contribution in [-0.4, -0.2) is 37.9 Å². The van der Waals surface area contributed by atoms with Gasteiger partial charge >= 0.3 is 0 Å². The fraction of sp³-hybridized carbons (Fsp3) is 0.545. The first-order valence-electron chi connectivity index (χ1n) is 5.97. The molecule has 0 saturated heterocycles. The van der Waals surface area contributed by atoms with E-state index in [1.807, 2.05) is 0 Å². The highest BCUT2D eigenvalue weighted by atomic mass is 19.1. The molecule has 0 radical (unpaired) electrons. The van der Waals surface area contributed by atoms with Crippen molar-refractivity contribution in [3.05, 3.63) is 16.7 Å². The number of alkyl halides is 1. The van der Waals surface area contributed by atoms with Crippen LogP contribution in [0.25, 0.3) is 11.2 Å². The highest BCUT2D eigenvalue weighted by Gasteiger charge is 2.54. The number of hydrogen-bond donors (Lipinski definition) is 3. The molecule has 2 aromatic heterocycles. The van der Waals surface area contributed by atoms with E-state index in [-0.39, 0.29) is 24.0 Å². The number of rotatable bonds is 4. The SMILES string of the molecule is Nc1nc2c(ncn2C[C@]2(CF)C[C@H]2CO)c(=O)[nH]1. The van der Waals surface area contributed by atoms with E-state index in [1.54, 1.807) is 4.57 Å². The lowest BCUT2D eigenvalue weighted by Gasteiger charge is -2.13. The van der Waals surface area contributed by atoms with Crippen molar-refractivity contribution in [2.24, 2.45) is 11.3 Å². The van der Waals surface area contributed by atoms with Crippen LogP contribution in [0.4, 0.5) is 10.3 Å². The first-order chi connectivity index (χ1) is 9.09. The number of nitrogens with two attached hydrogens (primary N) is 1. The van der Waals surface area contributed by atoms with Crippen molar-refractivity contribution in [3.8, 4) is 0 Å². The number of nitrogens with zero attached hydrogens (tertiary/aromatic N) is 3. The molecule has 0 spiro atoms. The lowest BCUT2D eigenvalue weighted by molar-refractivity contribution is 0.214. The van der Waals surface area contributed by atoms with Crippen molar-refractivity contribution in [1.82, 2.24) is 19.5 Å². The number of imidazole rings is 1. The molecule has 102 valence electrons. The second-order valence-corrected chi connectivity index (χ2v) is 5.08. The summed E-state index contributed by atoms with van der Waals surface area (Å²) in [5.41, 5.74) is 5.05. The Balaban J connectivity index is 2.01. The van der Waals surface area contributed by atoms with Crippen LogP contribution in [0.3, 0.4) is 0 Å². The molecule has 1 saturated carbocycles. The minimum absolute atomic E-state index is 0.00283. The molecule has 0 bridgehead atoms. The normalized spacial score (nSPS) is 25.9. The Morgan fingerprint density at radius 3 is 3.11 bits per heavy atom. The monoisotopic (exact) mass is 267 g/mol. The maximum Gasteiger partial charge on any atom is 0.280 e. The van der Waals surface area contributed by atoms with E-state index in [1.165, 1.54) is 6.33 Å². The van der Waals surface area contributed by atoms with Gasteiger partial charge < -0.3 is 15.4 Å². The molecule has 2 atom stereocenters. The summed E-state index contributed by atoms with van der Waals surface area (Å²) in [7, 11) is 0. The maximum atomic E-state index is 13.2. The van der Waals surface area contributed by atoms with Crippen LogP contribution in [0.2, 0.25) is 0 Å². The van der Waals surface area contributed by atoms with Crippen molar-refractivity contribution in [1.29, 1.82) is 0 Å². The van der Waals surface area contributed by atoms with Crippen LogP contribution in [0.5, 0.6) is 0 Å². The molecular formula is C11H14FN5O2. The summed E-state index contributed by atoms with van der Waals surface area (Å²) in [4.78, 5) is 22.0. The van der Waals surface area contributed by atoms with Gasteiger partial charge in [0.15, 0.2) is 11.2 Å². The van der Waals surface area contributed by atoms with Gasteiger partial charge in [0.1, 0.15) is 0 Å². The largest absolute Gasteiger partial charge is 0.396 e. The fourth-order valence-electron chi connectivity index (χ4n) is 2.52. The first-order valence-corrected chi connectivity index (χ1v) is 5.97.